The highest BCUT2D eigenvalue weighted by atomic mass is 16.5. The molecule has 19 heavy (non-hydrogen) atoms. The molecule has 0 spiro atoms. The van der Waals surface area contributed by atoms with Gasteiger partial charge in [0.05, 0.1) is 18.8 Å². The van der Waals surface area contributed by atoms with E-state index in [9.17, 15) is 5.26 Å². The van der Waals surface area contributed by atoms with E-state index in [0.717, 1.165) is 58.5 Å². The Bertz CT molecular complexity index is 290. The average Bonchev–Trinajstić information content (AvgIpc) is 2.43. The maximum absolute atomic E-state index is 9.44. The Kier molecular flexibility index (Phi) is 7.37. The minimum Gasteiger partial charge on any atom is -0.376 e. The molecule has 1 rings (SSSR count). The second-order valence-corrected chi connectivity index (χ2v) is 5.56. The standard InChI is InChI=1S/C15H29N3O/c1-4-8-17-15(5-2,13-16)7-6-9-18-10-11-19-14(3)12-18/h14,17H,4-12H2,1-3H3. The van der Waals surface area contributed by atoms with Crippen LogP contribution in [0, 0.1) is 11.3 Å². The van der Waals surface area contributed by atoms with E-state index < -0.39 is 0 Å². The highest BCUT2D eigenvalue weighted by Gasteiger charge is 2.27. The third-order valence-electron chi connectivity index (χ3n) is 3.93. The van der Waals surface area contributed by atoms with Gasteiger partial charge in [0.1, 0.15) is 5.54 Å². The lowest BCUT2D eigenvalue weighted by Gasteiger charge is -2.32. The maximum Gasteiger partial charge on any atom is 0.106 e. The number of nitriles is 1. The van der Waals surface area contributed by atoms with E-state index in [1.807, 2.05) is 0 Å². The molecule has 2 atom stereocenters. The van der Waals surface area contributed by atoms with Gasteiger partial charge >= 0.3 is 0 Å². The number of rotatable bonds is 8. The fourth-order valence-corrected chi connectivity index (χ4v) is 2.63. The minimum atomic E-state index is -0.325. The molecule has 110 valence electrons. The van der Waals surface area contributed by atoms with Gasteiger partial charge in [-0.25, -0.2) is 0 Å². The highest BCUT2D eigenvalue weighted by Crippen LogP contribution is 2.17. The predicted octanol–water partition coefficient (Wildman–Crippen LogP) is 2.16. The summed E-state index contributed by atoms with van der Waals surface area (Å²) < 4.78 is 5.54. The summed E-state index contributed by atoms with van der Waals surface area (Å²) in [6.45, 7) is 11.3. The van der Waals surface area contributed by atoms with Gasteiger partial charge in [-0.1, -0.05) is 13.8 Å². The molecule has 4 nitrogen and oxygen atoms in total. The molecule has 1 fully saturated rings. The Morgan fingerprint density at radius 2 is 2.26 bits per heavy atom. The van der Waals surface area contributed by atoms with Crippen molar-refractivity contribution in [2.45, 2.75) is 58.1 Å². The largest absolute Gasteiger partial charge is 0.376 e. The summed E-state index contributed by atoms with van der Waals surface area (Å²) in [7, 11) is 0. The Balaban J connectivity index is 2.33. The molecule has 1 aliphatic rings. The maximum atomic E-state index is 9.44. The first-order chi connectivity index (χ1) is 9.15. The molecule has 0 saturated carbocycles. The number of hydrogen-bond acceptors (Lipinski definition) is 4. The molecule has 2 unspecified atom stereocenters. The lowest BCUT2D eigenvalue weighted by atomic mass is 9.91. The summed E-state index contributed by atoms with van der Waals surface area (Å²) in [6, 6.07) is 2.49. The van der Waals surface area contributed by atoms with Gasteiger partial charge in [-0.05, 0) is 45.7 Å². The van der Waals surface area contributed by atoms with Crippen LogP contribution in [-0.4, -0.2) is 49.3 Å². The Morgan fingerprint density at radius 1 is 1.47 bits per heavy atom. The first-order valence-corrected chi connectivity index (χ1v) is 7.66. The molecule has 1 heterocycles. The lowest BCUT2D eigenvalue weighted by Crippen LogP contribution is -2.45. The van der Waals surface area contributed by atoms with E-state index in [4.69, 9.17) is 4.74 Å². The summed E-state index contributed by atoms with van der Waals surface area (Å²) in [5.41, 5.74) is -0.325. The molecular weight excluding hydrogens is 238 g/mol. The second-order valence-electron chi connectivity index (χ2n) is 5.56. The van der Waals surface area contributed by atoms with Crippen molar-refractivity contribution in [3.05, 3.63) is 0 Å². The number of hydrogen-bond donors (Lipinski definition) is 1. The average molecular weight is 267 g/mol. The Morgan fingerprint density at radius 3 is 2.84 bits per heavy atom. The quantitative estimate of drug-likeness (QED) is 0.732. The van der Waals surface area contributed by atoms with Gasteiger partial charge in [-0.2, -0.15) is 5.26 Å². The molecule has 0 bridgehead atoms. The molecule has 0 aromatic carbocycles. The number of nitrogens with zero attached hydrogens (tertiary/aromatic N) is 2. The first kappa shape index (κ1) is 16.4. The van der Waals surface area contributed by atoms with Crippen LogP contribution >= 0.6 is 0 Å². The Labute approximate surface area is 118 Å². The lowest BCUT2D eigenvalue weighted by molar-refractivity contribution is -0.0189. The molecule has 1 N–H and O–H groups in total. The molecule has 0 amide bonds. The van der Waals surface area contributed by atoms with Crippen molar-refractivity contribution in [3.63, 3.8) is 0 Å². The van der Waals surface area contributed by atoms with Crippen molar-refractivity contribution in [1.82, 2.24) is 10.2 Å². The summed E-state index contributed by atoms with van der Waals surface area (Å²) in [4.78, 5) is 2.45. The number of nitrogens with one attached hydrogen (secondary N) is 1. The second kappa shape index (κ2) is 8.52. The smallest absolute Gasteiger partial charge is 0.106 e. The van der Waals surface area contributed by atoms with Crippen LogP contribution in [0.1, 0.15) is 46.5 Å². The van der Waals surface area contributed by atoms with Gasteiger partial charge < -0.3 is 4.74 Å². The van der Waals surface area contributed by atoms with E-state index in [2.05, 4.69) is 37.1 Å². The fraction of sp³-hybridized carbons (Fsp3) is 0.933. The molecule has 0 aromatic rings. The SMILES string of the molecule is CCCNC(C#N)(CC)CCCN1CCOC(C)C1. The van der Waals surface area contributed by atoms with Gasteiger partial charge in [0.15, 0.2) is 0 Å². The van der Waals surface area contributed by atoms with Crippen LogP contribution in [0.4, 0.5) is 0 Å². The molecule has 1 saturated heterocycles. The molecular formula is C15H29N3O. The van der Waals surface area contributed by atoms with Crippen molar-refractivity contribution >= 4 is 0 Å². The van der Waals surface area contributed by atoms with Crippen LogP contribution in [-0.2, 0) is 4.74 Å². The third kappa shape index (κ3) is 5.48. The van der Waals surface area contributed by atoms with E-state index >= 15 is 0 Å². The zero-order valence-corrected chi connectivity index (χ0v) is 12.7. The monoisotopic (exact) mass is 267 g/mol. The summed E-state index contributed by atoms with van der Waals surface area (Å²) in [5.74, 6) is 0. The number of morpholine rings is 1. The van der Waals surface area contributed by atoms with E-state index in [1.165, 1.54) is 0 Å². The van der Waals surface area contributed by atoms with Crippen LogP contribution in [0.25, 0.3) is 0 Å². The van der Waals surface area contributed by atoms with Crippen molar-refractivity contribution in [2.75, 3.05) is 32.8 Å². The van der Waals surface area contributed by atoms with Gasteiger partial charge in [0.25, 0.3) is 0 Å². The summed E-state index contributed by atoms with van der Waals surface area (Å²) in [6.07, 6.45) is 4.31. The minimum absolute atomic E-state index is 0.325. The van der Waals surface area contributed by atoms with Crippen molar-refractivity contribution < 1.29 is 4.74 Å². The van der Waals surface area contributed by atoms with Gasteiger partial charge in [0.2, 0.25) is 0 Å². The van der Waals surface area contributed by atoms with E-state index in [1.54, 1.807) is 0 Å². The highest BCUT2D eigenvalue weighted by molar-refractivity contribution is 5.06. The normalized spacial score (nSPS) is 23.8. The van der Waals surface area contributed by atoms with Crippen LogP contribution < -0.4 is 5.32 Å². The third-order valence-corrected chi connectivity index (χ3v) is 3.93. The zero-order chi connectivity index (χ0) is 14.1. The molecule has 1 aliphatic heterocycles. The first-order valence-electron chi connectivity index (χ1n) is 7.66. The Hall–Kier alpha value is -0.630. The summed E-state index contributed by atoms with van der Waals surface area (Å²) in [5, 5.41) is 12.9. The number of ether oxygens (including phenoxy) is 1. The van der Waals surface area contributed by atoms with Gasteiger partial charge in [-0.15, -0.1) is 0 Å². The van der Waals surface area contributed by atoms with Crippen molar-refractivity contribution in [2.24, 2.45) is 0 Å². The predicted molar refractivity (Wildman–Crippen MR) is 78.0 cm³/mol. The molecule has 0 aromatic heterocycles. The van der Waals surface area contributed by atoms with E-state index in [-0.39, 0.29) is 5.54 Å². The van der Waals surface area contributed by atoms with Gasteiger partial charge in [0, 0.05) is 13.1 Å². The molecule has 0 aliphatic carbocycles. The topological polar surface area (TPSA) is 48.3 Å². The van der Waals surface area contributed by atoms with E-state index in [0.29, 0.717) is 6.10 Å². The van der Waals surface area contributed by atoms with Gasteiger partial charge in [-0.3, -0.25) is 10.2 Å². The molecule has 0 radical (unpaired) electrons. The summed E-state index contributed by atoms with van der Waals surface area (Å²) >= 11 is 0. The van der Waals surface area contributed by atoms with Crippen LogP contribution in [0.3, 0.4) is 0 Å². The van der Waals surface area contributed by atoms with Crippen molar-refractivity contribution in [1.29, 1.82) is 5.26 Å². The van der Waals surface area contributed by atoms with Crippen LogP contribution in [0.5, 0.6) is 0 Å². The fourth-order valence-electron chi connectivity index (χ4n) is 2.63. The van der Waals surface area contributed by atoms with Crippen molar-refractivity contribution in [3.8, 4) is 6.07 Å². The zero-order valence-electron chi connectivity index (χ0n) is 12.7. The van der Waals surface area contributed by atoms with Crippen LogP contribution in [0.2, 0.25) is 0 Å². The molecule has 4 heteroatoms. The van der Waals surface area contributed by atoms with Crippen LogP contribution in [0.15, 0.2) is 0 Å².